The van der Waals surface area contributed by atoms with Crippen LogP contribution in [-0.2, 0) is 32.9 Å². The van der Waals surface area contributed by atoms with E-state index in [-0.39, 0.29) is 29.9 Å². The number of carbonyl (C=O) groups is 2. The Morgan fingerprint density at radius 3 is 2.56 bits per heavy atom. The van der Waals surface area contributed by atoms with Gasteiger partial charge in [0, 0.05) is 40.2 Å². The molecule has 1 fully saturated rings. The topological polar surface area (TPSA) is 90.3 Å². The van der Waals surface area contributed by atoms with Gasteiger partial charge in [-0.25, -0.2) is 0 Å². The number of halogens is 1. The van der Waals surface area contributed by atoms with Gasteiger partial charge in [0.2, 0.25) is 5.91 Å². The number of nitrogens with zero attached hydrogens (tertiary/aromatic N) is 2. The summed E-state index contributed by atoms with van der Waals surface area (Å²) in [5.74, 6) is -0.395. The molecule has 3 aromatic rings. The summed E-state index contributed by atoms with van der Waals surface area (Å²) < 4.78 is 7.53. The van der Waals surface area contributed by atoms with E-state index < -0.39 is 20.0 Å². The van der Waals surface area contributed by atoms with Gasteiger partial charge >= 0.3 is 0 Å². The Labute approximate surface area is 250 Å². The van der Waals surface area contributed by atoms with E-state index in [0.717, 1.165) is 44.6 Å². The third-order valence-corrected chi connectivity index (χ3v) is 12.0. The van der Waals surface area contributed by atoms with E-state index in [4.69, 9.17) is 4.74 Å². The maximum absolute atomic E-state index is 14.5. The van der Waals surface area contributed by atoms with E-state index in [2.05, 4.69) is 22.0 Å². The fourth-order valence-corrected chi connectivity index (χ4v) is 10.3. The van der Waals surface area contributed by atoms with Crippen LogP contribution in [0.1, 0.15) is 36.5 Å². The quantitative estimate of drug-likeness (QED) is 0.335. The van der Waals surface area contributed by atoms with E-state index >= 15 is 0 Å². The summed E-state index contributed by atoms with van der Waals surface area (Å²) >= 11 is 3.59. The number of anilines is 3. The molecule has 3 heterocycles. The Morgan fingerprint density at radius 2 is 1.80 bits per heavy atom. The van der Waals surface area contributed by atoms with Crippen molar-refractivity contribution in [3.63, 3.8) is 0 Å². The zero-order valence-corrected chi connectivity index (χ0v) is 26.1. The highest BCUT2D eigenvalue weighted by atomic mass is 79.9. The molecule has 0 aliphatic carbocycles. The van der Waals surface area contributed by atoms with Crippen molar-refractivity contribution in [3.8, 4) is 0 Å². The Balaban J connectivity index is 1.39. The molecule has 0 aromatic heterocycles. The SMILES string of the molecule is C[C@@H]1[C@@H]([Si](C)(C)O)[C@H](CCO)O[C@@]12C(=O)N(Cc1cccc(N3C(=O)CCc4ccccc43)c1)c1ccc(Br)cc12. The molecule has 0 bridgehead atoms. The molecule has 7 nitrogen and oxygen atoms in total. The first-order valence-corrected chi connectivity index (χ1v) is 18.0. The number of hydrogen-bond donors (Lipinski definition) is 2. The van der Waals surface area contributed by atoms with Crippen LogP contribution in [0.2, 0.25) is 18.6 Å². The lowest BCUT2D eigenvalue weighted by atomic mass is 9.82. The van der Waals surface area contributed by atoms with E-state index in [9.17, 15) is 19.5 Å². The Kier molecular flexibility index (Phi) is 7.23. The van der Waals surface area contributed by atoms with Crippen LogP contribution in [0.4, 0.5) is 17.1 Å². The van der Waals surface area contributed by atoms with Gasteiger partial charge < -0.3 is 19.5 Å². The van der Waals surface area contributed by atoms with Crippen LogP contribution >= 0.6 is 15.9 Å². The van der Waals surface area contributed by atoms with E-state index in [1.54, 1.807) is 9.80 Å². The van der Waals surface area contributed by atoms with Crippen LogP contribution in [0.25, 0.3) is 0 Å². The number of benzene rings is 3. The molecule has 0 radical (unpaired) electrons. The van der Waals surface area contributed by atoms with E-state index in [1.165, 1.54) is 0 Å². The minimum absolute atomic E-state index is 0.0529. The fourth-order valence-electron chi connectivity index (χ4n) is 7.29. The molecule has 214 valence electrons. The van der Waals surface area contributed by atoms with Crippen molar-refractivity contribution >= 4 is 53.1 Å². The zero-order valence-electron chi connectivity index (χ0n) is 23.5. The molecule has 1 spiro atoms. The van der Waals surface area contributed by atoms with E-state index in [0.29, 0.717) is 19.4 Å². The highest BCUT2D eigenvalue weighted by Gasteiger charge is 2.66. The first kappa shape index (κ1) is 28.3. The Hall–Kier alpha value is -2.82. The second-order valence-corrected chi connectivity index (χ2v) is 16.8. The maximum atomic E-state index is 14.5. The van der Waals surface area contributed by atoms with Crippen molar-refractivity contribution in [1.82, 2.24) is 0 Å². The third kappa shape index (κ3) is 4.58. The average Bonchev–Trinajstić information content (AvgIpc) is 3.35. The molecule has 3 aliphatic heterocycles. The van der Waals surface area contributed by atoms with Crippen LogP contribution in [0.3, 0.4) is 0 Å². The molecule has 1 saturated heterocycles. The average molecular weight is 636 g/mol. The Bertz CT molecular complexity index is 1520. The number of rotatable bonds is 6. The van der Waals surface area contributed by atoms with Crippen molar-refractivity contribution < 1.29 is 24.2 Å². The fraction of sp³-hybridized carbons (Fsp3) is 0.375. The molecular weight excluding hydrogens is 600 g/mol. The molecule has 6 rings (SSSR count). The second-order valence-electron chi connectivity index (χ2n) is 12.0. The summed E-state index contributed by atoms with van der Waals surface area (Å²) in [6.45, 7) is 5.98. The highest BCUT2D eigenvalue weighted by Crippen LogP contribution is 2.60. The molecular formula is C32H35BrN2O5Si. The van der Waals surface area contributed by atoms with Gasteiger partial charge in [-0.2, -0.15) is 0 Å². The van der Waals surface area contributed by atoms with Gasteiger partial charge in [-0.15, -0.1) is 0 Å². The summed E-state index contributed by atoms with van der Waals surface area (Å²) in [4.78, 5) is 42.4. The smallest absolute Gasteiger partial charge is 0.264 e. The number of carbonyl (C=O) groups excluding carboxylic acids is 2. The largest absolute Gasteiger partial charge is 0.432 e. The minimum atomic E-state index is -2.76. The third-order valence-electron chi connectivity index (χ3n) is 8.96. The molecule has 3 aliphatic rings. The summed E-state index contributed by atoms with van der Waals surface area (Å²) in [6.07, 6.45) is 1.11. The molecule has 41 heavy (non-hydrogen) atoms. The van der Waals surface area contributed by atoms with Gasteiger partial charge in [0.25, 0.3) is 5.91 Å². The molecule has 3 aromatic carbocycles. The standard InChI is InChI=1S/C32H35BrN2O5Si/c1-20-30(41(2,3)39)28(15-16-36)40-32(20)25-18-23(33)12-13-27(25)34(31(32)38)19-21-7-6-9-24(17-21)35-26-10-5-4-8-22(26)11-14-29(35)37/h4-10,12-13,17-18,20,28,30,36,39H,11,14-16,19H2,1-3H3/t20-,28+,30-,32+/m1/s1. The number of aryl methyl sites for hydroxylation is 1. The number of para-hydroxylation sites is 1. The lowest BCUT2D eigenvalue weighted by molar-refractivity contribution is -0.146. The summed E-state index contributed by atoms with van der Waals surface area (Å²) in [7, 11) is -2.76. The highest BCUT2D eigenvalue weighted by molar-refractivity contribution is 9.10. The summed E-state index contributed by atoms with van der Waals surface area (Å²) in [6, 6.07) is 21.6. The number of amides is 2. The number of hydrogen-bond acceptors (Lipinski definition) is 5. The molecule has 2 amide bonds. The monoisotopic (exact) mass is 634 g/mol. The minimum Gasteiger partial charge on any atom is -0.432 e. The number of aliphatic hydroxyl groups excluding tert-OH is 1. The van der Waals surface area contributed by atoms with Crippen molar-refractivity contribution in [2.24, 2.45) is 5.92 Å². The normalized spacial score (nSPS) is 25.7. The number of fused-ring (bicyclic) bond motifs is 3. The van der Waals surface area contributed by atoms with Gasteiger partial charge in [-0.05, 0) is 73.5 Å². The van der Waals surface area contributed by atoms with Crippen molar-refractivity contribution in [3.05, 3.63) is 87.9 Å². The van der Waals surface area contributed by atoms with Gasteiger partial charge in [0.1, 0.15) is 0 Å². The van der Waals surface area contributed by atoms with Gasteiger partial charge in [0.15, 0.2) is 13.9 Å². The Morgan fingerprint density at radius 1 is 1.02 bits per heavy atom. The van der Waals surface area contributed by atoms with Crippen molar-refractivity contribution in [2.45, 2.75) is 63.1 Å². The van der Waals surface area contributed by atoms with Crippen LogP contribution in [0, 0.1) is 5.92 Å². The molecule has 2 N–H and O–H groups in total. The zero-order chi connectivity index (χ0) is 29.1. The van der Waals surface area contributed by atoms with Gasteiger partial charge in [-0.3, -0.25) is 14.5 Å². The van der Waals surface area contributed by atoms with Crippen molar-refractivity contribution in [2.75, 3.05) is 16.4 Å². The second kappa shape index (κ2) is 10.5. The molecule has 0 unspecified atom stereocenters. The lowest BCUT2D eigenvalue weighted by Crippen LogP contribution is -2.46. The van der Waals surface area contributed by atoms with Crippen LogP contribution < -0.4 is 9.80 Å². The lowest BCUT2D eigenvalue weighted by Gasteiger charge is -2.32. The van der Waals surface area contributed by atoms with Crippen LogP contribution in [0.5, 0.6) is 0 Å². The molecule has 0 saturated carbocycles. The summed E-state index contributed by atoms with van der Waals surface area (Å²) in [5.41, 5.74) is 3.79. The number of aliphatic hydroxyl groups is 1. The number of ether oxygens (including phenoxy) is 1. The molecule has 4 atom stereocenters. The first-order chi connectivity index (χ1) is 19.6. The van der Waals surface area contributed by atoms with Crippen molar-refractivity contribution in [1.29, 1.82) is 0 Å². The van der Waals surface area contributed by atoms with Crippen LogP contribution in [0.15, 0.2) is 71.2 Å². The molecule has 9 heteroatoms. The first-order valence-electron chi connectivity index (χ1n) is 14.2. The summed E-state index contributed by atoms with van der Waals surface area (Å²) in [5, 5.41) is 9.82. The predicted molar refractivity (Wildman–Crippen MR) is 165 cm³/mol. The van der Waals surface area contributed by atoms with Gasteiger partial charge in [0.05, 0.1) is 24.0 Å². The predicted octanol–water partition coefficient (Wildman–Crippen LogP) is 5.79. The van der Waals surface area contributed by atoms with E-state index in [1.807, 2.05) is 80.7 Å². The van der Waals surface area contributed by atoms with Crippen LogP contribution in [-0.4, -0.2) is 42.7 Å². The van der Waals surface area contributed by atoms with Gasteiger partial charge in [-0.1, -0.05) is 53.2 Å². The maximum Gasteiger partial charge on any atom is 0.264 e.